The zero-order valence-corrected chi connectivity index (χ0v) is 6.20. The molecule has 1 atom stereocenters. The van der Waals surface area contributed by atoms with Crippen molar-refractivity contribution in [1.82, 2.24) is 10.6 Å². The molecule has 3 heteroatoms. The third-order valence-electron chi connectivity index (χ3n) is 1.80. The molecule has 0 spiro atoms. The quantitative estimate of drug-likeness (QED) is 0.545. The van der Waals surface area contributed by atoms with Crippen LogP contribution in [0.3, 0.4) is 0 Å². The van der Waals surface area contributed by atoms with E-state index in [1.54, 1.807) is 0 Å². The van der Waals surface area contributed by atoms with Crippen LogP contribution >= 0.6 is 0 Å². The molecule has 0 aromatic rings. The maximum atomic E-state index is 11.6. The molecular formula is C7H15FN2. The fourth-order valence-electron chi connectivity index (χ4n) is 0.991. The van der Waals surface area contributed by atoms with Gasteiger partial charge in [0.25, 0.3) is 0 Å². The van der Waals surface area contributed by atoms with Gasteiger partial charge in [0.15, 0.2) is 0 Å². The highest BCUT2D eigenvalue weighted by Crippen LogP contribution is 1.98. The van der Waals surface area contributed by atoms with Crippen LogP contribution in [0.15, 0.2) is 0 Å². The summed E-state index contributed by atoms with van der Waals surface area (Å²) in [7, 11) is 0. The lowest BCUT2D eigenvalue weighted by Gasteiger charge is -2.27. The molecule has 1 unspecified atom stereocenters. The lowest BCUT2D eigenvalue weighted by atomic mass is 10.1. The van der Waals surface area contributed by atoms with E-state index in [0.717, 1.165) is 19.6 Å². The number of alkyl halides is 1. The van der Waals surface area contributed by atoms with Crippen LogP contribution in [0.5, 0.6) is 0 Å². The Morgan fingerprint density at radius 2 is 2.40 bits per heavy atom. The van der Waals surface area contributed by atoms with Gasteiger partial charge >= 0.3 is 0 Å². The van der Waals surface area contributed by atoms with Crippen LogP contribution in [0.4, 0.5) is 4.39 Å². The smallest absolute Gasteiger partial charge is 0.0906 e. The summed E-state index contributed by atoms with van der Waals surface area (Å²) in [5, 5.41) is 6.45. The second-order valence-electron chi connectivity index (χ2n) is 2.69. The molecule has 0 aliphatic carbocycles. The van der Waals surface area contributed by atoms with Crippen LogP contribution in [0, 0.1) is 0 Å². The Morgan fingerprint density at radius 1 is 1.60 bits per heavy atom. The van der Waals surface area contributed by atoms with Crippen molar-refractivity contribution in [2.45, 2.75) is 18.9 Å². The molecule has 0 saturated carbocycles. The topological polar surface area (TPSA) is 24.1 Å². The van der Waals surface area contributed by atoms with E-state index in [1.807, 2.05) is 0 Å². The third kappa shape index (κ3) is 2.62. The number of rotatable bonds is 5. The van der Waals surface area contributed by atoms with Crippen LogP contribution in [-0.4, -0.2) is 32.4 Å². The van der Waals surface area contributed by atoms with Gasteiger partial charge in [0.05, 0.1) is 6.67 Å². The van der Waals surface area contributed by atoms with Crippen LogP contribution in [0.25, 0.3) is 0 Å². The van der Waals surface area contributed by atoms with E-state index in [4.69, 9.17) is 0 Å². The summed E-state index contributed by atoms with van der Waals surface area (Å²) in [5.41, 5.74) is 0. The van der Waals surface area contributed by atoms with Gasteiger partial charge in [0, 0.05) is 12.6 Å². The van der Waals surface area contributed by atoms with Crippen LogP contribution in [-0.2, 0) is 0 Å². The van der Waals surface area contributed by atoms with Crippen molar-refractivity contribution in [2.24, 2.45) is 0 Å². The standard InChI is InChI=1S/C7H15FN2/c8-3-1-4-9-6-7-2-5-10-7/h7,9-10H,1-6H2. The summed E-state index contributed by atoms with van der Waals surface area (Å²) < 4.78 is 11.6. The van der Waals surface area contributed by atoms with Crippen LogP contribution in [0.1, 0.15) is 12.8 Å². The Morgan fingerprint density at radius 3 is 2.90 bits per heavy atom. The summed E-state index contributed by atoms with van der Waals surface area (Å²) in [5.74, 6) is 0. The number of hydrogen-bond acceptors (Lipinski definition) is 2. The van der Waals surface area contributed by atoms with Gasteiger partial charge in [-0.1, -0.05) is 0 Å². The number of nitrogens with one attached hydrogen (secondary N) is 2. The maximum Gasteiger partial charge on any atom is 0.0906 e. The zero-order chi connectivity index (χ0) is 7.23. The highest BCUT2D eigenvalue weighted by molar-refractivity contribution is 4.78. The Kier molecular flexibility index (Phi) is 3.68. The molecule has 1 saturated heterocycles. The van der Waals surface area contributed by atoms with Crippen molar-refractivity contribution in [3.8, 4) is 0 Å². The minimum atomic E-state index is -0.203. The minimum Gasteiger partial charge on any atom is -0.315 e. The predicted molar refractivity (Wildman–Crippen MR) is 39.9 cm³/mol. The van der Waals surface area contributed by atoms with E-state index in [9.17, 15) is 4.39 Å². The molecule has 0 radical (unpaired) electrons. The SMILES string of the molecule is FCCCNCC1CCN1. The first kappa shape index (κ1) is 7.95. The molecule has 1 rings (SSSR count). The van der Waals surface area contributed by atoms with Crippen LogP contribution < -0.4 is 10.6 Å². The van der Waals surface area contributed by atoms with Gasteiger partial charge in [-0.15, -0.1) is 0 Å². The predicted octanol–water partition coefficient (Wildman–Crippen LogP) is 0.297. The molecule has 1 heterocycles. The summed E-state index contributed by atoms with van der Waals surface area (Å²) in [6.07, 6.45) is 1.91. The molecule has 2 N–H and O–H groups in total. The molecule has 1 aliphatic rings. The van der Waals surface area contributed by atoms with E-state index in [-0.39, 0.29) is 6.67 Å². The highest BCUT2D eigenvalue weighted by atomic mass is 19.1. The monoisotopic (exact) mass is 146 g/mol. The summed E-state index contributed by atoms with van der Waals surface area (Å²) in [6.45, 7) is 2.76. The first-order valence-corrected chi connectivity index (χ1v) is 3.93. The molecule has 0 amide bonds. The van der Waals surface area contributed by atoms with E-state index < -0.39 is 0 Å². The second kappa shape index (κ2) is 4.63. The lowest BCUT2D eigenvalue weighted by molar-refractivity contribution is 0.349. The molecule has 1 aliphatic heterocycles. The van der Waals surface area contributed by atoms with E-state index in [0.29, 0.717) is 12.5 Å². The largest absolute Gasteiger partial charge is 0.315 e. The van der Waals surface area contributed by atoms with Gasteiger partial charge in [-0.25, -0.2) is 0 Å². The molecular weight excluding hydrogens is 131 g/mol. The number of hydrogen-bond donors (Lipinski definition) is 2. The van der Waals surface area contributed by atoms with Gasteiger partial charge in [0.2, 0.25) is 0 Å². The fraction of sp³-hybridized carbons (Fsp3) is 1.00. The first-order valence-electron chi connectivity index (χ1n) is 3.93. The summed E-state index contributed by atoms with van der Waals surface area (Å²) in [4.78, 5) is 0. The molecule has 0 aromatic heterocycles. The zero-order valence-electron chi connectivity index (χ0n) is 6.20. The van der Waals surface area contributed by atoms with Gasteiger partial charge in [-0.05, 0) is 25.9 Å². The fourth-order valence-corrected chi connectivity index (χ4v) is 0.991. The molecule has 0 aromatic carbocycles. The van der Waals surface area contributed by atoms with Gasteiger partial charge < -0.3 is 10.6 Å². The Balaban J connectivity index is 1.76. The molecule has 0 bridgehead atoms. The van der Waals surface area contributed by atoms with E-state index in [2.05, 4.69) is 10.6 Å². The molecule has 1 fully saturated rings. The Labute approximate surface area is 61.2 Å². The van der Waals surface area contributed by atoms with Crippen molar-refractivity contribution in [3.05, 3.63) is 0 Å². The van der Waals surface area contributed by atoms with Crippen molar-refractivity contribution in [3.63, 3.8) is 0 Å². The van der Waals surface area contributed by atoms with Crippen molar-refractivity contribution >= 4 is 0 Å². The van der Waals surface area contributed by atoms with Gasteiger partial charge in [-0.2, -0.15) is 0 Å². The van der Waals surface area contributed by atoms with Gasteiger partial charge in [0.1, 0.15) is 0 Å². The van der Waals surface area contributed by atoms with E-state index in [1.165, 1.54) is 6.42 Å². The normalized spacial score (nSPS) is 24.3. The average molecular weight is 146 g/mol. The first-order chi connectivity index (χ1) is 4.93. The lowest BCUT2D eigenvalue weighted by Crippen LogP contribution is -2.49. The van der Waals surface area contributed by atoms with Gasteiger partial charge in [-0.3, -0.25) is 4.39 Å². The van der Waals surface area contributed by atoms with Crippen LogP contribution in [0.2, 0.25) is 0 Å². The summed E-state index contributed by atoms with van der Waals surface area (Å²) in [6, 6.07) is 0.652. The number of halogens is 1. The third-order valence-corrected chi connectivity index (χ3v) is 1.80. The Hall–Kier alpha value is -0.150. The molecule has 60 valence electrons. The van der Waals surface area contributed by atoms with E-state index >= 15 is 0 Å². The summed E-state index contributed by atoms with van der Waals surface area (Å²) >= 11 is 0. The molecule has 10 heavy (non-hydrogen) atoms. The minimum absolute atomic E-state index is 0.203. The Bertz CT molecular complexity index is 83.7. The maximum absolute atomic E-state index is 11.6. The second-order valence-corrected chi connectivity index (χ2v) is 2.69. The molecule has 2 nitrogen and oxygen atoms in total. The average Bonchev–Trinajstić information content (AvgIpc) is 1.84. The van der Waals surface area contributed by atoms with Crippen molar-refractivity contribution in [1.29, 1.82) is 0 Å². The highest BCUT2D eigenvalue weighted by Gasteiger charge is 2.14. The van der Waals surface area contributed by atoms with Crippen molar-refractivity contribution < 1.29 is 4.39 Å². The van der Waals surface area contributed by atoms with Crippen molar-refractivity contribution in [2.75, 3.05) is 26.3 Å².